The molecule has 1 aromatic rings. The van der Waals surface area contributed by atoms with E-state index in [1.165, 1.54) is 0 Å². The number of carboxylic acids is 1. The van der Waals surface area contributed by atoms with Crippen LogP contribution in [0.25, 0.3) is 0 Å². The van der Waals surface area contributed by atoms with Crippen molar-refractivity contribution in [3.8, 4) is 0 Å². The summed E-state index contributed by atoms with van der Waals surface area (Å²) in [6, 6.07) is 5.03. The minimum atomic E-state index is -0.842. The van der Waals surface area contributed by atoms with E-state index in [2.05, 4.69) is 13.8 Å². The van der Waals surface area contributed by atoms with Gasteiger partial charge in [0.2, 0.25) is 0 Å². The number of halogens is 2. The maximum atomic E-state index is 11.5. The molecule has 0 aliphatic heterocycles. The van der Waals surface area contributed by atoms with E-state index in [1.807, 2.05) is 0 Å². The van der Waals surface area contributed by atoms with Gasteiger partial charge in [-0.15, -0.1) is 0 Å². The SMILES string of the molecule is CC1(C)CC(C(=O)O)(c2ccc(Cl)cc2Cl)C1. The van der Waals surface area contributed by atoms with E-state index in [9.17, 15) is 9.90 Å². The van der Waals surface area contributed by atoms with Crippen LogP contribution in [0.1, 0.15) is 32.3 Å². The Bertz CT molecular complexity index is 472. The van der Waals surface area contributed by atoms with E-state index < -0.39 is 11.4 Å². The van der Waals surface area contributed by atoms with Crippen molar-refractivity contribution >= 4 is 29.2 Å². The Morgan fingerprint density at radius 1 is 1.29 bits per heavy atom. The summed E-state index contributed by atoms with van der Waals surface area (Å²) in [6.45, 7) is 4.13. The average Bonchev–Trinajstić information content (AvgIpc) is 2.13. The smallest absolute Gasteiger partial charge is 0.314 e. The molecule has 1 aliphatic carbocycles. The van der Waals surface area contributed by atoms with Crippen LogP contribution in [0, 0.1) is 5.41 Å². The molecule has 0 bridgehead atoms. The molecule has 1 aromatic carbocycles. The molecule has 1 aliphatic rings. The largest absolute Gasteiger partial charge is 0.481 e. The Morgan fingerprint density at radius 3 is 2.29 bits per heavy atom. The minimum absolute atomic E-state index is 0.0569. The molecule has 17 heavy (non-hydrogen) atoms. The molecular formula is C13H14Cl2O2. The molecule has 92 valence electrons. The van der Waals surface area contributed by atoms with Crippen LogP contribution < -0.4 is 0 Å². The second kappa shape index (κ2) is 3.89. The molecule has 2 nitrogen and oxygen atoms in total. The maximum Gasteiger partial charge on any atom is 0.314 e. The molecule has 1 saturated carbocycles. The minimum Gasteiger partial charge on any atom is -0.481 e. The van der Waals surface area contributed by atoms with Crippen molar-refractivity contribution < 1.29 is 9.90 Å². The van der Waals surface area contributed by atoms with Crippen molar-refractivity contribution in [2.24, 2.45) is 5.41 Å². The number of hydrogen-bond donors (Lipinski definition) is 1. The summed E-state index contributed by atoms with van der Waals surface area (Å²) in [6.07, 6.45) is 1.22. The lowest BCUT2D eigenvalue weighted by Gasteiger charge is -2.51. The summed E-state index contributed by atoms with van der Waals surface area (Å²) < 4.78 is 0. The Kier molecular flexibility index (Phi) is 2.91. The second-order valence-corrected chi connectivity index (χ2v) is 6.37. The number of hydrogen-bond acceptors (Lipinski definition) is 1. The first-order valence-corrected chi connectivity index (χ1v) is 6.21. The van der Waals surface area contributed by atoms with Crippen molar-refractivity contribution in [2.75, 3.05) is 0 Å². The third kappa shape index (κ3) is 2.04. The Labute approximate surface area is 111 Å². The van der Waals surface area contributed by atoms with Crippen molar-refractivity contribution in [3.05, 3.63) is 33.8 Å². The van der Waals surface area contributed by atoms with Gasteiger partial charge in [0.1, 0.15) is 0 Å². The van der Waals surface area contributed by atoms with E-state index in [-0.39, 0.29) is 5.41 Å². The Hall–Kier alpha value is -0.730. The highest BCUT2D eigenvalue weighted by Crippen LogP contribution is 2.56. The van der Waals surface area contributed by atoms with Gasteiger partial charge >= 0.3 is 5.97 Å². The predicted octanol–water partition coefficient (Wildman–Crippen LogP) is 4.14. The first kappa shape index (κ1) is 12.7. The first-order valence-electron chi connectivity index (χ1n) is 5.46. The normalized spacial score (nSPS) is 20.7. The van der Waals surface area contributed by atoms with Crippen LogP contribution in [0.3, 0.4) is 0 Å². The van der Waals surface area contributed by atoms with Crippen LogP contribution in [-0.4, -0.2) is 11.1 Å². The monoisotopic (exact) mass is 272 g/mol. The predicted molar refractivity (Wildman–Crippen MR) is 68.8 cm³/mol. The highest BCUT2D eigenvalue weighted by Gasteiger charge is 2.56. The number of benzene rings is 1. The van der Waals surface area contributed by atoms with Crippen LogP contribution in [0.5, 0.6) is 0 Å². The molecule has 0 spiro atoms. The van der Waals surface area contributed by atoms with Crippen LogP contribution in [0.4, 0.5) is 0 Å². The standard InChI is InChI=1S/C13H14Cl2O2/c1-12(2)6-13(7-12,11(16)17)9-4-3-8(14)5-10(9)15/h3-5H,6-7H2,1-2H3,(H,16,17). The van der Waals surface area contributed by atoms with Crippen molar-refractivity contribution in [1.82, 2.24) is 0 Å². The Balaban J connectivity index is 2.46. The van der Waals surface area contributed by atoms with Gasteiger partial charge in [-0.3, -0.25) is 4.79 Å². The maximum absolute atomic E-state index is 11.5. The number of aliphatic carboxylic acids is 1. The van der Waals surface area contributed by atoms with Crippen molar-refractivity contribution in [2.45, 2.75) is 32.1 Å². The van der Waals surface area contributed by atoms with Crippen LogP contribution in [0.2, 0.25) is 10.0 Å². The highest BCUT2D eigenvalue weighted by molar-refractivity contribution is 6.35. The topological polar surface area (TPSA) is 37.3 Å². The third-order valence-electron chi connectivity index (χ3n) is 3.42. The molecule has 1 fully saturated rings. The number of carbonyl (C=O) groups is 1. The average molecular weight is 273 g/mol. The molecule has 0 unspecified atom stereocenters. The lowest BCUT2D eigenvalue weighted by molar-refractivity contribution is -0.153. The molecule has 2 rings (SSSR count). The summed E-state index contributed by atoms with van der Waals surface area (Å²) in [5.74, 6) is -0.805. The van der Waals surface area contributed by atoms with Gasteiger partial charge in [0.15, 0.2) is 0 Å². The molecule has 1 N–H and O–H groups in total. The highest BCUT2D eigenvalue weighted by atomic mass is 35.5. The van der Waals surface area contributed by atoms with Gasteiger partial charge in [-0.05, 0) is 36.0 Å². The van der Waals surface area contributed by atoms with Gasteiger partial charge in [-0.1, -0.05) is 43.1 Å². The molecule has 4 heteroatoms. The van der Waals surface area contributed by atoms with Crippen molar-refractivity contribution in [1.29, 1.82) is 0 Å². The lowest BCUT2D eigenvalue weighted by atomic mass is 9.52. The van der Waals surface area contributed by atoms with Crippen LogP contribution >= 0.6 is 23.2 Å². The zero-order valence-electron chi connectivity index (χ0n) is 9.76. The summed E-state index contributed by atoms with van der Waals surface area (Å²) >= 11 is 11.9. The second-order valence-electron chi connectivity index (χ2n) is 5.53. The van der Waals surface area contributed by atoms with Gasteiger partial charge in [-0.2, -0.15) is 0 Å². The third-order valence-corrected chi connectivity index (χ3v) is 3.96. The van der Waals surface area contributed by atoms with E-state index in [1.54, 1.807) is 18.2 Å². The quantitative estimate of drug-likeness (QED) is 0.879. The van der Waals surface area contributed by atoms with Crippen LogP contribution in [-0.2, 0) is 10.2 Å². The Morgan fingerprint density at radius 2 is 1.88 bits per heavy atom. The summed E-state index contributed by atoms with van der Waals surface area (Å²) in [4.78, 5) is 11.5. The fourth-order valence-electron chi connectivity index (χ4n) is 2.92. The zero-order valence-corrected chi connectivity index (χ0v) is 11.3. The molecule has 0 amide bonds. The fraction of sp³-hybridized carbons (Fsp3) is 0.462. The number of carboxylic acid groups (broad SMARTS) is 1. The van der Waals surface area contributed by atoms with E-state index in [4.69, 9.17) is 23.2 Å². The summed E-state index contributed by atoms with van der Waals surface area (Å²) in [5.41, 5.74) is -0.109. The van der Waals surface area contributed by atoms with Gasteiger partial charge < -0.3 is 5.11 Å². The molecule has 0 radical (unpaired) electrons. The molecular weight excluding hydrogens is 259 g/mol. The number of rotatable bonds is 2. The van der Waals surface area contributed by atoms with Crippen molar-refractivity contribution in [3.63, 3.8) is 0 Å². The van der Waals surface area contributed by atoms with Gasteiger partial charge in [0.05, 0.1) is 5.41 Å². The van der Waals surface area contributed by atoms with Crippen LogP contribution in [0.15, 0.2) is 18.2 Å². The summed E-state index contributed by atoms with van der Waals surface area (Å²) in [7, 11) is 0. The lowest BCUT2D eigenvalue weighted by Crippen LogP contribution is -2.52. The fourth-order valence-corrected chi connectivity index (χ4v) is 3.51. The van der Waals surface area contributed by atoms with Gasteiger partial charge in [0.25, 0.3) is 0 Å². The first-order chi connectivity index (χ1) is 7.77. The van der Waals surface area contributed by atoms with E-state index in [0.29, 0.717) is 28.5 Å². The molecule has 0 saturated heterocycles. The van der Waals surface area contributed by atoms with Gasteiger partial charge in [0, 0.05) is 10.0 Å². The summed E-state index contributed by atoms with van der Waals surface area (Å²) in [5, 5.41) is 10.4. The van der Waals surface area contributed by atoms with E-state index >= 15 is 0 Å². The molecule has 0 aromatic heterocycles. The molecule has 0 heterocycles. The zero-order chi connectivity index (χ0) is 12.8. The molecule has 0 atom stereocenters. The van der Waals surface area contributed by atoms with E-state index in [0.717, 1.165) is 0 Å². The van der Waals surface area contributed by atoms with Gasteiger partial charge in [-0.25, -0.2) is 0 Å².